The van der Waals surface area contributed by atoms with Crippen molar-refractivity contribution in [3.8, 4) is 11.5 Å². The quantitative estimate of drug-likeness (QED) is 0.837. The Kier molecular flexibility index (Phi) is 3.09. The Balaban J connectivity index is 1.75. The van der Waals surface area contributed by atoms with Gasteiger partial charge in [-0.05, 0) is 38.8 Å². The van der Waals surface area contributed by atoms with E-state index >= 15 is 0 Å². The van der Waals surface area contributed by atoms with Crippen molar-refractivity contribution in [2.75, 3.05) is 6.61 Å². The van der Waals surface area contributed by atoms with Crippen molar-refractivity contribution in [1.82, 2.24) is 4.90 Å². The normalized spacial score (nSPS) is 21.3. The van der Waals surface area contributed by atoms with E-state index in [0.29, 0.717) is 24.1 Å². The van der Waals surface area contributed by atoms with Crippen molar-refractivity contribution in [3.05, 3.63) is 24.3 Å². The zero-order chi connectivity index (χ0) is 13.4. The molecule has 1 aliphatic carbocycles. The highest BCUT2D eigenvalue weighted by Gasteiger charge is 2.39. The number of hydrogen-bond donors (Lipinski definition) is 0. The largest absolute Gasteiger partial charge is 0.485 e. The van der Waals surface area contributed by atoms with E-state index in [0.717, 1.165) is 12.8 Å². The van der Waals surface area contributed by atoms with Crippen molar-refractivity contribution in [2.24, 2.45) is 0 Å². The van der Waals surface area contributed by atoms with Crippen LogP contribution in [0.1, 0.15) is 26.7 Å². The smallest absolute Gasteiger partial charge is 0.267 e. The number of para-hydroxylation sites is 2. The molecular weight excluding hydrogens is 242 g/mol. The van der Waals surface area contributed by atoms with Gasteiger partial charge in [0, 0.05) is 12.1 Å². The van der Waals surface area contributed by atoms with E-state index in [9.17, 15) is 4.79 Å². The van der Waals surface area contributed by atoms with Crippen LogP contribution in [0.5, 0.6) is 11.5 Å². The molecule has 1 aromatic carbocycles. The first kappa shape index (κ1) is 12.3. The van der Waals surface area contributed by atoms with Gasteiger partial charge in [0.15, 0.2) is 11.5 Å². The van der Waals surface area contributed by atoms with Gasteiger partial charge in [0.25, 0.3) is 5.91 Å². The highest BCUT2D eigenvalue weighted by molar-refractivity contribution is 5.82. The maximum absolute atomic E-state index is 12.6. The molecule has 1 amide bonds. The molecule has 4 nitrogen and oxygen atoms in total. The number of rotatable bonds is 3. The van der Waals surface area contributed by atoms with Gasteiger partial charge in [-0.3, -0.25) is 4.79 Å². The molecule has 1 saturated carbocycles. The number of hydrogen-bond acceptors (Lipinski definition) is 3. The number of benzene rings is 1. The molecule has 0 bridgehead atoms. The van der Waals surface area contributed by atoms with E-state index in [1.165, 1.54) is 0 Å². The molecule has 1 aliphatic heterocycles. The van der Waals surface area contributed by atoms with Gasteiger partial charge in [-0.2, -0.15) is 0 Å². The molecule has 102 valence electrons. The Morgan fingerprint density at radius 2 is 1.95 bits per heavy atom. The van der Waals surface area contributed by atoms with Gasteiger partial charge >= 0.3 is 0 Å². The average Bonchev–Trinajstić information content (AvgIpc) is 3.22. The monoisotopic (exact) mass is 261 g/mol. The molecule has 0 aromatic heterocycles. The number of ether oxygens (including phenoxy) is 2. The summed E-state index contributed by atoms with van der Waals surface area (Å²) in [4.78, 5) is 14.5. The summed E-state index contributed by atoms with van der Waals surface area (Å²) in [5, 5.41) is 0. The molecule has 0 radical (unpaired) electrons. The Bertz CT molecular complexity index is 480. The molecule has 3 rings (SSSR count). The van der Waals surface area contributed by atoms with E-state index in [4.69, 9.17) is 9.47 Å². The van der Waals surface area contributed by atoms with Gasteiger partial charge in [-0.25, -0.2) is 0 Å². The summed E-state index contributed by atoms with van der Waals surface area (Å²) < 4.78 is 11.4. The van der Waals surface area contributed by atoms with E-state index in [1.54, 1.807) is 0 Å². The van der Waals surface area contributed by atoms with Crippen molar-refractivity contribution in [2.45, 2.75) is 44.9 Å². The third kappa shape index (κ3) is 2.39. The van der Waals surface area contributed by atoms with Crippen LogP contribution in [-0.2, 0) is 4.79 Å². The summed E-state index contributed by atoms with van der Waals surface area (Å²) in [5.41, 5.74) is 0. The number of amides is 1. The van der Waals surface area contributed by atoms with Gasteiger partial charge in [0.2, 0.25) is 6.10 Å². The minimum atomic E-state index is -0.516. The summed E-state index contributed by atoms with van der Waals surface area (Å²) in [6.07, 6.45) is 1.69. The molecule has 0 spiro atoms. The molecule has 1 atom stereocenters. The summed E-state index contributed by atoms with van der Waals surface area (Å²) in [5.74, 6) is 1.42. The molecule has 0 saturated heterocycles. The van der Waals surface area contributed by atoms with E-state index in [-0.39, 0.29) is 11.9 Å². The first-order chi connectivity index (χ1) is 9.16. The van der Waals surface area contributed by atoms with E-state index < -0.39 is 6.10 Å². The topological polar surface area (TPSA) is 38.8 Å². The Morgan fingerprint density at radius 1 is 1.26 bits per heavy atom. The van der Waals surface area contributed by atoms with Crippen molar-refractivity contribution < 1.29 is 14.3 Å². The van der Waals surface area contributed by atoms with Crippen LogP contribution in [-0.4, -0.2) is 35.6 Å². The molecule has 1 fully saturated rings. The zero-order valence-corrected chi connectivity index (χ0v) is 11.3. The predicted molar refractivity (Wildman–Crippen MR) is 71.4 cm³/mol. The van der Waals surface area contributed by atoms with Crippen molar-refractivity contribution in [3.63, 3.8) is 0 Å². The molecular formula is C15H19NO3. The lowest BCUT2D eigenvalue weighted by atomic mass is 10.2. The van der Waals surface area contributed by atoms with Crippen LogP contribution in [0.2, 0.25) is 0 Å². The third-order valence-corrected chi connectivity index (χ3v) is 3.54. The van der Waals surface area contributed by atoms with Gasteiger partial charge < -0.3 is 14.4 Å². The number of carbonyl (C=O) groups is 1. The standard InChI is InChI=1S/C15H19NO3/c1-10(2)16(11-7-8-11)15(17)14-9-18-12-5-3-4-6-13(12)19-14/h3-6,10-11,14H,7-9H2,1-2H3. The second-order valence-electron chi connectivity index (χ2n) is 5.43. The fourth-order valence-electron chi connectivity index (χ4n) is 2.52. The van der Waals surface area contributed by atoms with Crippen LogP contribution in [0.15, 0.2) is 24.3 Å². The molecule has 0 N–H and O–H groups in total. The van der Waals surface area contributed by atoms with Crippen LogP contribution in [0, 0.1) is 0 Å². The fourth-order valence-corrected chi connectivity index (χ4v) is 2.52. The van der Waals surface area contributed by atoms with Gasteiger partial charge in [0.05, 0.1) is 0 Å². The summed E-state index contributed by atoms with van der Waals surface area (Å²) in [6, 6.07) is 8.09. The molecule has 1 heterocycles. The summed E-state index contributed by atoms with van der Waals surface area (Å²) in [6.45, 7) is 4.40. The lowest BCUT2D eigenvalue weighted by molar-refractivity contribution is -0.143. The highest BCUT2D eigenvalue weighted by atomic mass is 16.6. The van der Waals surface area contributed by atoms with Crippen LogP contribution in [0.3, 0.4) is 0 Å². The van der Waals surface area contributed by atoms with Crippen LogP contribution in [0.4, 0.5) is 0 Å². The Labute approximate surface area is 113 Å². The van der Waals surface area contributed by atoms with E-state index in [2.05, 4.69) is 0 Å². The maximum Gasteiger partial charge on any atom is 0.267 e. The van der Waals surface area contributed by atoms with Gasteiger partial charge in [-0.1, -0.05) is 12.1 Å². The molecule has 1 unspecified atom stereocenters. The number of carbonyl (C=O) groups excluding carboxylic acids is 1. The summed E-state index contributed by atoms with van der Waals surface area (Å²) >= 11 is 0. The molecule has 2 aliphatic rings. The van der Waals surface area contributed by atoms with Crippen molar-refractivity contribution in [1.29, 1.82) is 0 Å². The minimum absolute atomic E-state index is 0.0482. The van der Waals surface area contributed by atoms with Gasteiger partial charge in [0.1, 0.15) is 6.61 Å². The molecule has 4 heteroatoms. The maximum atomic E-state index is 12.6. The second kappa shape index (κ2) is 4.76. The number of nitrogens with zero attached hydrogens (tertiary/aromatic N) is 1. The van der Waals surface area contributed by atoms with Crippen LogP contribution >= 0.6 is 0 Å². The Hall–Kier alpha value is -1.71. The Morgan fingerprint density at radius 3 is 2.58 bits per heavy atom. The highest BCUT2D eigenvalue weighted by Crippen LogP contribution is 2.34. The third-order valence-electron chi connectivity index (χ3n) is 3.54. The van der Waals surface area contributed by atoms with Crippen LogP contribution < -0.4 is 9.47 Å². The lowest BCUT2D eigenvalue weighted by Crippen LogP contribution is -2.49. The molecule has 19 heavy (non-hydrogen) atoms. The first-order valence-corrected chi connectivity index (χ1v) is 6.87. The first-order valence-electron chi connectivity index (χ1n) is 6.87. The zero-order valence-electron chi connectivity index (χ0n) is 11.3. The minimum Gasteiger partial charge on any atom is -0.485 e. The second-order valence-corrected chi connectivity index (χ2v) is 5.43. The van der Waals surface area contributed by atoms with Crippen molar-refractivity contribution >= 4 is 5.91 Å². The van der Waals surface area contributed by atoms with Gasteiger partial charge in [-0.15, -0.1) is 0 Å². The summed E-state index contributed by atoms with van der Waals surface area (Å²) in [7, 11) is 0. The van der Waals surface area contributed by atoms with Crippen LogP contribution in [0.25, 0.3) is 0 Å². The molecule has 1 aromatic rings. The average molecular weight is 261 g/mol. The lowest BCUT2D eigenvalue weighted by Gasteiger charge is -2.33. The predicted octanol–water partition coefficient (Wildman–Crippen LogP) is 2.23. The fraction of sp³-hybridized carbons (Fsp3) is 0.533. The SMILES string of the molecule is CC(C)N(C(=O)C1COc2ccccc2O1)C1CC1. The number of fused-ring (bicyclic) bond motifs is 1. The van der Waals surface area contributed by atoms with E-state index in [1.807, 2.05) is 43.0 Å².